The first-order chi connectivity index (χ1) is 9.95. The first-order valence-electron chi connectivity index (χ1n) is 6.54. The van der Waals surface area contributed by atoms with Gasteiger partial charge in [0.1, 0.15) is 11.9 Å². The van der Waals surface area contributed by atoms with Crippen LogP contribution in [0.15, 0.2) is 24.3 Å². The molecule has 7 nitrogen and oxygen atoms in total. The summed E-state index contributed by atoms with van der Waals surface area (Å²) in [6.07, 6.45) is -1.01. The van der Waals surface area contributed by atoms with Crippen molar-refractivity contribution in [3.8, 4) is 5.75 Å². The maximum atomic E-state index is 11.9. The van der Waals surface area contributed by atoms with Crippen LogP contribution in [0.1, 0.15) is 6.92 Å². The molecule has 1 heterocycles. The van der Waals surface area contributed by atoms with Crippen molar-refractivity contribution in [2.45, 2.75) is 13.0 Å². The number of anilines is 1. The average molecular weight is 314 g/mol. The molecule has 1 amide bonds. The third-order valence-electron chi connectivity index (χ3n) is 3.15. The molecule has 1 fully saturated rings. The highest BCUT2D eigenvalue weighted by atomic mass is 32.2. The first kappa shape index (κ1) is 15.6. The number of nitrogens with zero attached hydrogens (tertiary/aromatic N) is 1. The molecule has 21 heavy (non-hydrogen) atoms. The number of carbonyl (C=O) groups excluding carboxylic acids is 1. The quantitative estimate of drug-likeness (QED) is 0.845. The molecule has 0 aromatic heterocycles. The zero-order chi connectivity index (χ0) is 15.5. The predicted octanol–water partition coefficient (Wildman–Crippen LogP) is 0.960. The molecule has 1 aliphatic rings. The molecule has 1 aromatic rings. The van der Waals surface area contributed by atoms with Gasteiger partial charge in [0.2, 0.25) is 10.0 Å². The molecule has 1 aliphatic heterocycles. The fourth-order valence-corrected chi connectivity index (χ4v) is 2.58. The minimum absolute atomic E-state index is 0.00668. The number of ether oxygens (including phenoxy) is 2. The zero-order valence-corrected chi connectivity index (χ0v) is 12.7. The lowest BCUT2D eigenvalue weighted by Gasteiger charge is -2.14. The van der Waals surface area contributed by atoms with Gasteiger partial charge in [-0.05, 0) is 19.1 Å². The van der Waals surface area contributed by atoms with Crippen LogP contribution in [0, 0.1) is 0 Å². The molecular weight excluding hydrogens is 296 g/mol. The summed E-state index contributed by atoms with van der Waals surface area (Å²) in [5.41, 5.74) is 0.653. The van der Waals surface area contributed by atoms with Crippen LogP contribution in [0.2, 0.25) is 0 Å². The second-order valence-corrected chi connectivity index (χ2v) is 6.67. The van der Waals surface area contributed by atoms with Crippen molar-refractivity contribution < 1.29 is 22.7 Å². The number of amides is 1. The molecule has 0 bridgehead atoms. The number of benzene rings is 1. The highest BCUT2D eigenvalue weighted by Crippen LogP contribution is 2.25. The van der Waals surface area contributed by atoms with Crippen LogP contribution in [0.5, 0.6) is 5.75 Å². The van der Waals surface area contributed by atoms with E-state index in [0.717, 1.165) is 0 Å². The van der Waals surface area contributed by atoms with Crippen LogP contribution in [0.4, 0.5) is 10.5 Å². The molecule has 1 aromatic carbocycles. The minimum atomic E-state index is -3.30. The van der Waals surface area contributed by atoms with Crippen molar-refractivity contribution in [1.29, 1.82) is 0 Å². The predicted molar refractivity (Wildman–Crippen MR) is 78.1 cm³/mol. The molecule has 1 unspecified atom stereocenters. The van der Waals surface area contributed by atoms with Crippen LogP contribution in [-0.4, -0.2) is 46.6 Å². The van der Waals surface area contributed by atoms with Crippen molar-refractivity contribution in [2.24, 2.45) is 0 Å². The maximum absolute atomic E-state index is 11.9. The monoisotopic (exact) mass is 314 g/mol. The molecule has 0 saturated carbocycles. The fourth-order valence-electron chi connectivity index (χ4n) is 1.94. The van der Waals surface area contributed by atoms with Gasteiger partial charge in [-0.25, -0.2) is 17.9 Å². The van der Waals surface area contributed by atoms with E-state index in [1.54, 1.807) is 38.3 Å². The fraction of sp³-hybridized carbons (Fsp3) is 0.462. The third-order valence-corrected chi connectivity index (χ3v) is 4.52. The van der Waals surface area contributed by atoms with Crippen LogP contribution >= 0.6 is 0 Å². The SMILES string of the molecule is CCS(=O)(=O)NCC1CN(c2cccc(OC)c2)C(=O)O1. The second-order valence-electron chi connectivity index (χ2n) is 4.57. The van der Waals surface area contributed by atoms with Gasteiger partial charge in [-0.15, -0.1) is 0 Å². The molecule has 116 valence electrons. The van der Waals surface area contributed by atoms with Crippen molar-refractivity contribution in [3.63, 3.8) is 0 Å². The summed E-state index contributed by atoms with van der Waals surface area (Å²) >= 11 is 0. The van der Waals surface area contributed by atoms with E-state index in [2.05, 4.69) is 4.72 Å². The molecule has 0 radical (unpaired) electrons. The molecule has 1 N–H and O–H groups in total. The summed E-state index contributed by atoms with van der Waals surface area (Å²) in [5, 5.41) is 0. The van der Waals surface area contributed by atoms with Crippen LogP contribution in [0.3, 0.4) is 0 Å². The first-order valence-corrected chi connectivity index (χ1v) is 8.20. The largest absolute Gasteiger partial charge is 0.497 e. The molecule has 1 atom stereocenters. The summed E-state index contributed by atoms with van der Waals surface area (Å²) < 4.78 is 35.5. The summed E-state index contributed by atoms with van der Waals surface area (Å²) in [5.74, 6) is 0.628. The van der Waals surface area contributed by atoms with Gasteiger partial charge in [0.15, 0.2) is 0 Å². The molecule has 0 aliphatic carbocycles. The van der Waals surface area contributed by atoms with E-state index >= 15 is 0 Å². The summed E-state index contributed by atoms with van der Waals surface area (Å²) in [6.45, 7) is 1.91. The van der Waals surface area contributed by atoms with Gasteiger partial charge in [-0.3, -0.25) is 4.90 Å². The summed E-state index contributed by atoms with van der Waals surface area (Å²) in [6, 6.07) is 7.04. The molecule has 0 spiro atoms. The number of nitrogens with one attached hydrogen (secondary N) is 1. The third kappa shape index (κ3) is 3.85. The van der Waals surface area contributed by atoms with Gasteiger partial charge < -0.3 is 9.47 Å². The van der Waals surface area contributed by atoms with E-state index in [0.29, 0.717) is 11.4 Å². The van der Waals surface area contributed by atoms with Gasteiger partial charge in [0.25, 0.3) is 0 Å². The van der Waals surface area contributed by atoms with E-state index < -0.39 is 22.2 Å². The van der Waals surface area contributed by atoms with E-state index in [4.69, 9.17) is 9.47 Å². The van der Waals surface area contributed by atoms with Gasteiger partial charge >= 0.3 is 6.09 Å². The second kappa shape index (κ2) is 6.31. The van der Waals surface area contributed by atoms with Gasteiger partial charge in [0, 0.05) is 12.6 Å². The van der Waals surface area contributed by atoms with E-state index in [-0.39, 0.29) is 18.8 Å². The Morgan fingerprint density at radius 3 is 2.90 bits per heavy atom. The lowest BCUT2D eigenvalue weighted by Crippen LogP contribution is -2.35. The number of carbonyl (C=O) groups is 1. The number of sulfonamides is 1. The lowest BCUT2D eigenvalue weighted by atomic mass is 10.2. The Bertz CT molecular complexity index is 617. The zero-order valence-electron chi connectivity index (χ0n) is 11.9. The highest BCUT2D eigenvalue weighted by Gasteiger charge is 2.33. The Morgan fingerprint density at radius 1 is 1.48 bits per heavy atom. The Kier molecular flexibility index (Phi) is 4.69. The van der Waals surface area contributed by atoms with Crippen LogP contribution in [0.25, 0.3) is 0 Å². The van der Waals surface area contributed by atoms with Crippen LogP contribution in [-0.2, 0) is 14.8 Å². The molecule has 8 heteroatoms. The van der Waals surface area contributed by atoms with E-state index in [1.165, 1.54) is 4.90 Å². The number of hydrogen-bond acceptors (Lipinski definition) is 5. The molecule has 2 rings (SSSR count). The van der Waals surface area contributed by atoms with E-state index in [1.807, 2.05) is 0 Å². The topological polar surface area (TPSA) is 84.9 Å². The molecule has 1 saturated heterocycles. The number of rotatable bonds is 6. The van der Waals surface area contributed by atoms with Gasteiger partial charge in [-0.2, -0.15) is 0 Å². The summed E-state index contributed by atoms with van der Waals surface area (Å²) in [7, 11) is -1.75. The maximum Gasteiger partial charge on any atom is 0.414 e. The van der Waals surface area contributed by atoms with Gasteiger partial charge in [-0.1, -0.05) is 6.07 Å². The Labute approximate surface area is 123 Å². The number of methoxy groups -OCH3 is 1. The van der Waals surface area contributed by atoms with Crippen molar-refractivity contribution in [2.75, 3.05) is 30.9 Å². The Morgan fingerprint density at radius 2 is 2.24 bits per heavy atom. The van der Waals surface area contributed by atoms with E-state index in [9.17, 15) is 13.2 Å². The van der Waals surface area contributed by atoms with Crippen molar-refractivity contribution >= 4 is 21.8 Å². The number of cyclic esters (lactones) is 1. The average Bonchev–Trinajstić information content (AvgIpc) is 2.86. The Balaban J connectivity index is 2.02. The van der Waals surface area contributed by atoms with Crippen LogP contribution < -0.4 is 14.4 Å². The number of hydrogen-bond donors (Lipinski definition) is 1. The standard InChI is InChI=1S/C13H18N2O5S/c1-3-21(17,18)14-8-12-9-15(13(16)20-12)10-5-4-6-11(7-10)19-2/h4-7,12,14H,3,8-9H2,1-2H3. The summed E-state index contributed by atoms with van der Waals surface area (Å²) in [4.78, 5) is 13.3. The normalized spacial score (nSPS) is 18.7. The highest BCUT2D eigenvalue weighted by molar-refractivity contribution is 7.89. The minimum Gasteiger partial charge on any atom is -0.497 e. The molecular formula is C13H18N2O5S. The smallest absolute Gasteiger partial charge is 0.414 e. The van der Waals surface area contributed by atoms with Gasteiger partial charge in [0.05, 0.1) is 25.1 Å². The lowest BCUT2D eigenvalue weighted by molar-refractivity contribution is 0.143. The van der Waals surface area contributed by atoms with Crippen molar-refractivity contribution in [3.05, 3.63) is 24.3 Å². The van der Waals surface area contributed by atoms with Crippen molar-refractivity contribution in [1.82, 2.24) is 4.72 Å². The Hall–Kier alpha value is -1.80.